The fourth-order valence-electron chi connectivity index (χ4n) is 5.84. The van der Waals surface area contributed by atoms with Crippen molar-refractivity contribution >= 4 is 62.8 Å². The maximum absolute atomic E-state index is 13.1. The molecule has 2 aromatic heterocycles. The van der Waals surface area contributed by atoms with Crippen LogP contribution in [0.4, 0.5) is 5.82 Å². The SMILES string of the molecule is CCCC(CCC)CNC(=O)CCC(Nc1ncnc2cc(C(=O)N3CCCC3)c(Cl)cc12)c1nc2ccc(Cl)cc2[nH]1. The van der Waals surface area contributed by atoms with Crippen LogP contribution in [0, 0.1) is 5.92 Å². The van der Waals surface area contributed by atoms with Gasteiger partial charge in [0.2, 0.25) is 5.91 Å². The first kappa shape index (κ1) is 31.0. The third kappa shape index (κ3) is 7.57. The number of rotatable bonds is 13. The van der Waals surface area contributed by atoms with Crippen LogP contribution in [0.1, 0.15) is 87.4 Å². The van der Waals surface area contributed by atoms with E-state index in [2.05, 4.69) is 39.4 Å². The van der Waals surface area contributed by atoms with Crippen molar-refractivity contribution in [3.8, 4) is 0 Å². The van der Waals surface area contributed by atoms with Gasteiger partial charge in [0.05, 0.1) is 33.2 Å². The van der Waals surface area contributed by atoms with Gasteiger partial charge in [0.25, 0.3) is 5.91 Å². The molecule has 0 bridgehead atoms. The highest BCUT2D eigenvalue weighted by Crippen LogP contribution is 2.32. The van der Waals surface area contributed by atoms with E-state index in [9.17, 15) is 9.59 Å². The Kier molecular flexibility index (Phi) is 10.4. The van der Waals surface area contributed by atoms with E-state index in [0.717, 1.165) is 62.6 Å². The predicted molar refractivity (Wildman–Crippen MR) is 173 cm³/mol. The Morgan fingerprint density at radius 2 is 1.77 bits per heavy atom. The molecule has 4 aromatic rings. The normalized spacial score (nSPS) is 14.1. The first-order chi connectivity index (χ1) is 20.9. The summed E-state index contributed by atoms with van der Waals surface area (Å²) in [5, 5.41) is 8.28. The number of carbonyl (C=O) groups is 2. The summed E-state index contributed by atoms with van der Waals surface area (Å²) in [6.45, 7) is 6.52. The number of hydrogen-bond acceptors (Lipinski definition) is 6. The van der Waals surface area contributed by atoms with Gasteiger partial charge < -0.3 is 20.5 Å². The summed E-state index contributed by atoms with van der Waals surface area (Å²) in [4.78, 5) is 45.0. The summed E-state index contributed by atoms with van der Waals surface area (Å²) in [5.74, 6) is 1.62. The van der Waals surface area contributed by atoms with E-state index in [1.54, 1.807) is 18.2 Å². The second-order valence-corrected chi connectivity index (χ2v) is 12.2. The molecule has 1 unspecified atom stereocenters. The van der Waals surface area contributed by atoms with E-state index in [-0.39, 0.29) is 17.9 Å². The molecule has 0 aliphatic carbocycles. The van der Waals surface area contributed by atoms with Gasteiger partial charge in [-0.2, -0.15) is 0 Å². The molecule has 3 heterocycles. The Hall–Kier alpha value is -3.43. The summed E-state index contributed by atoms with van der Waals surface area (Å²) in [7, 11) is 0. The molecule has 5 rings (SSSR count). The molecule has 0 spiro atoms. The molecular formula is C32H39Cl2N7O2. The lowest BCUT2D eigenvalue weighted by molar-refractivity contribution is -0.121. The average molecular weight is 625 g/mol. The van der Waals surface area contributed by atoms with Crippen LogP contribution in [0.2, 0.25) is 10.0 Å². The lowest BCUT2D eigenvalue weighted by atomic mass is 9.98. The number of H-pyrrole nitrogens is 1. The number of aromatic nitrogens is 4. The highest BCUT2D eigenvalue weighted by molar-refractivity contribution is 6.35. The first-order valence-corrected chi connectivity index (χ1v) is 16.0. The topological polar surface area (TPSA) is 116 Å². The number of hydrogen-bond donors (Lipinski definition) is 3. The molecule has 1 fully saturated rings. The number of benzene rings is 2. The summed E-state index contributed by atoms with van der Waals surface area (Å²) in [5.41, 5.74) is 2.63. The molecule has 1 aliphatic heterocycles. The Morgan fingerprint density at radius 1 is 1.00 bits per heavy atom. The van der Waals surface area contributed by atoms with Gasteiger partial charge in [0.15, 0.2) is 0 Å². The predicted octanol–water partition coefficient (Wildman–Crippen LogP) is 7.31. The number of nitrogens with one attached hydrogen (secondary N) is 3. The zero-order valence-electron chi connectivity index (χ0n) is 24.8. The maximum Gasteiger partial charge on any atom is 0.255 e. The Labute approximate surface area is 262 Å². The van der Waals surface area contributed by atoms with Crippen LogP contribution in [-0.2, 0) is 4.79 Å². The lowest BCUT2D eigenvalue weighted by Gasteiger charge is -2.20. The molecular weight excluding hydrogens is 585 g/mol. The van der Waals surface area contributed by atoms with Crippen LogP contribution in [-0.4, -0.2) is 56.3 Å². The third-order valence-corrected chi connectivity index (χ3v) is 8.64. The number of carbonyl (C=O) groups excluding carboxylic acids is 2. The molecule has 9 nitrogen and oxygen atoms in total. The van der Waals surface area contributed by atoms with Gasteiger partial charge in [-0.1, -0.05) is 49.9 Å². The number of amides is 2. The number of aromatic amines is 1. The van der Waals surface area contributed by atoms with Gasteiger partial charge in [0.1, 0.15) is 18.0 Å². The van der Waals surface area contributed by atoms with Gasteiger partial charge in [0, 0.05) is 36.5 Å². The van der Waals surface area contributed by atoms with Crippen molar-refractivity contribution in [3.63, 3.8) is 0 Å². The lowest BCUT2D eigenvalue weighted by Crippen LogP contribution is -2.30. The first-order valence-electron chi connectivity index (χ1n) is 15.3. The monoisotopic (exact) mass is 623 g/mol. The van der Waals surface area contributed by atoms with Crippen molar-refractivity contribution in [2.45, 2.75) is 71.3 Å². The van der Waals surface area contributed by atoms with E-state index in [0.29, 0.717) is 63.5 Å². The van der Waals surface area contributed by atoms with Crippen LogP contribution in [0.15, 0.2) is 36.7 Å². The standard InChI is InChI=1S/C32H39Cl2N7O2/c1-3-7-20(8-4-2)18-35-29(42)12-11-26(31-38-25-10-9-21(33)15-28(25)40-31)39-30-23-16-24(34)22(17-27(23)36-19-37-30)32(43)41-13-5-6-14-41/h9-10,15-17,19-20,26H,3-8,11-14,18H2,1-2H3,(H,35,42)(H,38,40)(H,36,37,39). The minimum Gasteiger partial charge on any atom is -0.359 e. The molecule has 2 amide bonds. The highest BCUT2D eigenvalue weighted by atomic mass is 35.5. The van der Waals surface area contributed by atoms with Crippen molar-refractivity contribution in [3.05, 3.63) is 58.1 Å². The van der Waals surface area contributed by atoms with Gasteiger partial charge >= 0.3 is 0 Å². The van der Waals surface area contributed by atoms with E-state index in [1.807, 2.05) is 17.0 Å². The van der Waals surface area contributed by atoms with Crippen molar-refractivity contribution < 1.29 is 9.59 Å². The zero-order chi connectivity index (χ0) is 30.3. The summed E-state index contributed by atoms with van der Waals surface area (Å²) >= 11 is 12.9. The van der Waals surface area contributed by atoms with Crippen LogP contribution < -0.4 is 10.6 Å². The second kappa shape index (κ2) is 14.4. The molecule has 3 N–H and O–H groups in total. The van der Waals surface area contributed by atoms with Gasteiger partial charge in [-0.3, -0.25) is 9.59 Å². The molecule has 1 atom stereocenters. The van der Waals surface area contributed by atoms with Crippen molar-refractivity contribution in [2.75, 3.05) is 25.0 Å². The maximum atomic E-state index is 13.1. The Bertz CT molecular complexity index is 1580. The zero-order valence-corrected chi connectivity index (χ0v) is 26.3. The average Bonchev–Trinajstić information content (AvgIpc) is 3.68. The Balaban J connectivity index is 1.39. The smallest absolute Gasteiger partial charge is 0.255 e. The second-order valence-electron chi connectivity index (χ2n) is 11.3. The molecule has 1 saturated heterocycles. The number of halogens is 2. The fourth-order valence-corrected chi connectivity index (χ4v) is 6.26. The van der Waals surface area contributed by atoms with E-state index in [1.165, 1.54) is 6.33 Å². The van der Waals surface area contributed by atoms with E-state index < -0.39 is 0 Å². The number of fused-ring (bicyclic) bond motifs is 2. The van der Waals surface area contributed by atoms with Crippen LogP contribution >= 0.6 is 23.2 Å². The van der Waals surface area contributed by atoms with Gasteiger partial charge in [-0.15, -0.1) is 0 Å². The van der Waals surface area contributed by atoms with Crippen LogP contribution in [0.25, 0.3) is 21.9 Å². The van der Waals surface area contributed by atoms with Crippen molar-refractivity contribution in [1.82, 2.24) is 30.2 Å². The van der Waals surface area contributed by atoms with E-state index >= 15 is 0 Å². The molecule has 0 radical (unpaired) electrons. The van der Waals surface area contributed by atoms with Crippen LogP contribution in [0.3, 0.4) is 0 Å². The van der Waals surface area contributed by atoms with Crippen molar-refractivity contribution in [1.29, 1.82) is 0 Å². The molecule has 11 heteroatoms. The van der Waals surface area contributed by atoms with Gasteiger partial charge in [-0.05, 0) is 68.4 Å². The summed E-state index contributed by atoms with van der Waals surface area (Å²) in [6.07, 6.45) is 8.66. The van der Waals surface area contributed by atoms with Crippen molar-refractivity contribution in [2.24, 2.45) is 5.92 Å². The largest absolute Gasteiger partial charge is 0.359 e. The third-order valence-electron chi connectivity index (χ3n) is 8.09. The fraction of sp³-hybridized carbons (Fsp3) is 0.469. The minimum atomic E-state index is -0.373. The van der Waals surface area contributed by atoms with Crippen LogP contribution in [0.5, 0.6) is 0 Å². The number of nitrogens with zero attached hydrogens (tertiary/aromatic N) is 4. The summed E-state index contributed by atoms with van der Waals surface area (Å²) < 4.78 is 0. The van der Waals surface area contributed by atoms with Gasteiger partial charge in [-0.25, -0.2) is 15.0 Å². The summed E-state index contributed by atoms with van der Waals surface area (Å²) in [6, 6.07) is 8.60. The number of anilines is 1. The molecule has 1 aliphatic rings. The Morgan fingerprint density at radius 3 is 2.51 bits per heavy atom. The molecule has 228 valence electrons. The molecule has 0 saturated carbocycles. The number of likely N-dealkylation sites (tertiary alicyclic amines) is 1. The minimum absolute atomic E-state index is 0.00354. The van der Waals surface area contributed by atoms with E-state index in [4.69, 9.17) is 28.2 Å². The molecule has 43 heavy (non-hydrogen) atoms. The quantitative estimate of drug-likeness (QED) is 0.144. The number of imidazole rings is 1. The highest BCUT2D eigenvalue weighted by Gasteiger charge is 2.24. The molecule has 2 aromatic carbocycles.